The summed E-state index contributed by atoms with van der Waals surface area (Å²) in [4.78, 5) is 49.4. The van der Waals surface area contributed by atoms with E-state index in [4.69, 9.17) is 22.1 Å². The number of nitrogen functional groups attached to an aromatic ring is 1. The average Bonchev–Trinajstić information content (AvgIpc) is 3.31. The Morgan fingerprint density at radius 1 is 1.32 bits per heavy atom. The largest absolute Gasteiger partial charge is 0.493 e. The normalized spacial score (nSPS) is 15.3. The van der Waals surface area contributed by atoms with Crippen molar-refractivity contribution >= 4 is 51.9 Å². The molecular weight excluding hydrogens is 512 g/mol. The molecule has 38 heavy (non-hydrogen) atoms. The Balaban J connectivity index is 1.68. The van der Waals surface area contributed by atoms with Crippen molar-refractivity contribution in [1.82, 2.24) is 29.5 Å². The van der Waals surface area contributed by atoms with Crippen molar-refractivity contribution in [1.29, 1.82) is 0 Å². The maximum Gasteiger partial charge on any atom is 0.277 e. The van der Waals surface area contributed by atoms with Gasteiger partial charge >= 0.3 is 0 Å². The van der Waals surface area contributed by atoms with E-state index in [0.717, 1.165) is 12.8 Å². The predicted octanol–water partition coefficient (Wildman–Crippen LogP) is 2.30. The van der Waals surface area contributed by atoms with Crippen molar-refractivity contribution in [2.75, 3.05) is 45.3 Å². The number of aromatic nitrogens is 4. The fourth-order valence-corrected chi connectivity index (χ4v) is 4.74. The molecule has 1 aliphatic rings. The van der Waals surface area contributed by atoms with Crippen molar-refractivity contribution in [3.63, 3.8) is 0 Å². The number of likely N-dealkylation sites (N-methyl/N-ethyl adjacent to an activating group) is 1. The van der Waals surface area contributed by atoms with Crippen molar-refractivity contribution in [2.24, 2.45) is 0 Å². The van der Waals surface area contributed by atoms with Gasteiger partial charge in [-0.2, -0.15) is 5.10 Å². The van der Waals surface area contributed by atoms with Gasteiger partial charge in [0.05, 0.1) is 35.7 Å². The number of rotatable bonds is 7. The molecule has 0 saturated carbocycles. The van der Waals surface area contributed by atoms with Crippen LogP contribution in [0.3, 0.4) is 0 Å². The first-order chi connectivity index (χ1) is 18.2. The highest BCUT2D eigenvalue weighted by molar-refractivity contribution is 6.33. The molecule has 3 N–H and O–H groups in total. The third-order valence-corrected chi connectivity index (χ3v) is 6.85. The number of hydrogen-bond acceptors (Lipinski definition) is 8. The molecule has 0 radical (unpaired) electrons. The van der Waals surface area contributed by atoms with Crippen LogP contribution in [0.15, 0.2) is 31.1 Å². The highest BCUT2D eigenvalue weighted by atomic mass is 35.5. The molecule has 1 aliphatic heterocycles. The number of ether oxygens (including phenoxy) is 1. The van der Waals surface area contributed by atoms with Crippen molar-refractivity contribution in [3.05, 3.63) is 47.4 Å². The van der Waals surface area contributed by atoms with Crippen molar-refractivity contribution in [2.45, 2.75) is 25.3 Å². The SMILES string of the molecule is C=CC(=O)N1CCC[C@@H](n2nc(C(=O)Nc3ccc(CC(=O)N(C)C)c(Cl)c3OC)c3c(N)ncnc32)C1. The maximum atomic E-state index is 13.5. The monoisotopic (exact) mass is 540 g/mol. The van der Waals surface area contributed by atoms with Gasteiger partial charge in [-0.1, -0.05) is 24.2 Å². The Hall–Kier alpha value is -4.19. The molecule has 1 saturated heterocycles. The van der Waals surface area contributed by atoms with Crippen LogP contribution in [-0.2, 0) is 16.0 Å². The average molecular weight is 541 g/mol. The van der Waals surface area contributed by atoms with E-state index >= 15 is 0 Å². The van der Waals surface area contributed by atoms with Gasteiger partial charge in [0.2, 0.25) is 11.8 Å². The molecule has 13 heteroatoms. The predicted molar refractivity (Wildman–Crippen MR) is 143 cm³/mol. The van der Waals surface area contributed by atoms with Crippen molar-refractivity contribution in [3.8, 4) is 5.75 Å². The van der Waals surface area contributed by atoms with Gasteiger partial charge in [-0.05, 0) is 30.5 Å². The van der Waals surface area contributed by atoms with Gasteiger partial charge in [0.25, 0.3) is 5.91 Å². The van der Waals surface area contributed by atoms with Gasteiger partial charge in [-0.15, -0.1) is 0 Å². The maximum absolute atomic E-state index is 13.5. The minimum absolute atomic E-state index is 0.0234. The zero-order valence-electron chi connectivity index (χ0n) is 21.4. The molecule has 4 rings (SSSR count). The number of nitrogens with two attached hydrogens (primary N) is 1. The number of carbonyl (C=O) groups excluding carboxylic acids is 3. The topological polar surface area (TPSA) is 149 Å². The smallest absolute Gasteiger partial charge is 0.277 e. The summed E-state index contributed by atoms with van der Waals surface area (Å²) in [5.74, 6) is -0.560. The first-order valence-electron chi connectivity index (χ1n) is 11.9. The summed E-state index contributed by atoms with van der Waals surface area (Å²) >= 11 is 6.52. The number of benzene rings is 1. The van der Waals surface area contributed by atoms with E-state index in [1.807, 2.05) is 0 Å². The molecule has 0 bridgehead atoms. The van der Waals surface area contributed by atoms with Crippen LogP contribution in [0.2, 0.25) is 5.02 Å². The van der Waals surface area contributed by atoms with Crippen molar-refractivity contribution < 1.29 is 19.1 Å². The number of piperidine rings is 1. The quantitative estimate of drug-likeness (QED) is 0.434. The second kappa shape index (κ2) is 11.1. The molecule has 200 valence electrons. The van der Waals surface area contributed by atoms with Gasteiger partial charge in [0, 0.05) is 27.2 Å². The van der Waals surface area contributed by atoms with Gasteiger partial charge in [0.1, 0.15) is 12.1 Å². The van der Waals surface area contributed by atoms with E-state index in [1.165, 1.54) is 24.4 Å². The van der Waals surface area contributed by atoms with Gasteiger partial charge < -0.3 is 25.6 Å². The number of amides is 3. The fourth-order valence-electron chi connectivity index (χ4n) is 4.43. The number of likely N-dealkylation sites (tertiary alicyclic amines) is 1. The second-order valence-corrected chi connectivity index (χ2v) is 9.45. The standard InChI is InChI=1S/C25H29ClN8O4/c1-5-17(35)33-10-6-7-15(12-33)34-24-19(23(27)28-13-29-24)21(31-34)25(37)30-16-9-8-14(11-18(36)32(2)3)20(26)22(16)38-4/h5,8-9,13,15H,1,6-7,10-12H2,2-4H3,(H,30,37)(H2,27,28,29)/t15-/m1/s1. The summed E-state index contributed by atoms with van der Waals surface area (Å²) in [7, 11) is 4.73. The number of anilines is 2. The lowest BCUT2D eigenvalue weighted by molar-refractivity contribution is -0.128. The Kier molecular flexibility index (Phi) is 7.81. The highest BCUT2D eigenvalue weighted by Crippen LogP contribution is 2.37. The molecule has 1 fully saturated rings. The molecule has 0 spiro atoms. The van der Waals surface area contributed by atoms with Crippen LogP contribution in [0.5, 0.6) is 5.75 Å². The Morgan fingerprint density at radius 3 is 2.76 bits per heavy atom. The number of methoxy groups -OCH3 is 1. The Morgan fingerprint density at radius 2 is 2.08 bits per heavy atom. The van der Waals surface area contributed by atoms with Crippen LogP contribution in [0.4, 0.5) is 11.5 Å². The number of nitrogens with one attached hydrogen (secondary N) is 1. The molecule has 3 heterocycles. The zero-order chi connectivity index (χ0) is 27.6. The first-order valence-corrected chi connectivity index (χ1v) is 12.3. The van der Waals surface area contributed by atoms with Crippen LogP contribution >= 0.6 is 11.6 Å². The minimum atomic E-state index is -0.573. The molecule has 1 atom stereocenters. The van der Waals surface area contributed by atoms with Crippen LogP contribution in [0, 0.1) is 0 Å². The molecule has 2 aromatic heterocycles. The van der Waals surface area contributed by atoms with Gasteiger partial charge in [0.15, 0.2) is 17.1 Å². The minimum Gasteiger partial charge on any atom is -0.493 e. The van der Waals surface area contributed by atoms with E-state index in [1.54, 1.807) is 35.8 Å². The molecular formula is C25H29ClN8O4. The number of halogens is 1. The highest BCUT2D eigenvalue weighted by Gasteiger charge is 2.30. The van der Waals surface area contributed by atoms with Crippen LogP contribution < -0.4 is 15.8 Å². The van der Waals surface area contributed by atoms with Crippen LogP contribution in [0.1, 0.15) is 34.9 Å². The number of hydrogen-bond donors (Lipinski definition) is 2. The molecule has 3 amide bonds. The summed E-state index contributed by atoms with van der Waals surface area (Å²) in [5, 5.41) is 7.88. The molecule has 1 aromatic carbocycles. The summed E-state index contributed by atoms with van der Waals surface area (Å²) in [5.41, 5.74) is 7.42. The molecule has 12 nitrogen and oxygen atoms in total. The zero-order valence-corrected chi connectivity index (χ0v) is 22.2. The lowest BCUT2D eigenvalue weighted by Gasteiger charge is -2.32. The Bertz CT molecular complexity index is 1420. The summed E-state index contributed by atoms with van der Waals surface area (Å²) in [6.45, 7) is 4.57. The van der Waals surface area contributed by atoms with Gasteiger partial charge in [-0.25, -0.2) is 14.6 Å². The number of carbonyl (C=O) groups is 3. The third-order valence-electron chi connectivity index (χ3n) is 6.43. The first kappa shape index (κ1) is 26.9. The Labute approximate surface area is 224 Å². The van der Waals surface area contributed by atoms with E-state index in [9.17, 15) is 14.4 Å². The second-order valence-electron chi connectivity index (χ2n) is 9.07. The molecule has 0 unspecified atom stereocenters. The van der Waals surface area contributed by atoms with Gasteiger partial charge in [-0.3, -0.25) is 14.4 Å². The lowest BCUT2D eigenvalue weighted by atomic mass is 10.1. The summed E-state index contributed by atoms with van der Waals surface area (Å²) in [6.07, 6.45) is 4.16. The number of fused-ring (bicyclic) bond motifs is 1. The molecule has 3 aromatic rings. The van der Waals surface area contributed by atoms with E-state index in [2.05, 4.69) is 27.0 Å². The fraction of sp³-hybridized carbons (Fsp3) is 0.360. The molecule has 0 aliphatic carbocycles. The lowest BCUT2D eigenvalue weighted by Crippen LogP contribution is -2.40. The van der Waals surface area contributed by atoms with E-state index in [-0.39, 0.29) is 46.6 Å². The summed E-state index contributed by atoms with van der Waals surface area (Å²) < 4.78 is 7.09. The van der Waals surface area contributed by atoms with E-state index < -0.39 is 5.91 Å². The third kappa shape index (κ3) is 5.12. The van der Waals surface area contributed by atoms with Crippen LogP contribution in [-0.4, -0.2) is 81.6 Å². The number of nitrogens with zero attached hydrogens (tertiary/aromatic N) is 6. The van der Waals surface area contributed by atoms with E-state index in [0.29, 0.717) is 35.4 Å². The summed E-state index contributed by atoms with van der Waals surface area (Å²) in [6, 6.07) is 3.05. The van der Waals surface area contributed by atoms with Crippen LogP contribution in [0.25, 0.3) is 11.0 Å².